The Kier molecular flexibility index (Phi) is 2.91. The van der Waals surface area contributed by atoms with Gasteiger partial charge in [-0.25, -0.2) is 9.37 Å². The molecule has 2 aromatic heterocycles. The van der Waals surface area contributed by atoms with E-state index in [4.69, 9.17) is 23.1 Å². The smallest absolute Gasteiger partial charge is 0.133 e. The molecule has 0 unspecified atom stereocenters. The summed E-state index contributed by atoms with van der Waals surface area (Å²) in [6.07, 6.45) is 1.47. The van der Waals surface area contributed by atoms with Crippen LogP contribution in [-0.4, -0.2) is 9.97 Å². The topological polar surface area (TPSA) is 77.8 Å². The fraction of sp³-hybridized carbons (Fsp3) is 0. The molecule has 3 aromatic rings. The van der Waals surface area contributed by atoms with Crippen molar-refractivity contribution in [3.8, 4) is 11.1 Å². The highest BCUT2D eigenvalue weighted by Gasteiger charge is 2.15. The zero-order chi connectivity index (χ0) is 14.3. The lowest BCUT2D eigenvalue weighted by Crippen LogP contribution is -2.00. The number of nitrogens with zero attached hydrogens (tertiary/aromatic N) is 2. The third kappa shape index (κ3) is 2.02. The molecule has 0 aliphatic carbocycles. The van der Waals surface area contributed by atoms with Crippen LogP contribution in [0.2, 0.25) is 5.02 Å². The maximum Gasteiger partial charge on any atom is 0.133 e. The molecular weight excluding hydrogens is 279 g/mol. The highest BCUT2D eigenvalue weighted by atomic mass is 35.5. The molecule has 6 heteroatoms. The van der Waals surface area contributed by atoms with Crippen molar-refractivity contribution in [3.05, 3.63) is 47.4 Å². The molecule has 4 N–H and O–H groups in total. The van der Waals surface area contributed by atoms with Crippen LogP contribution in [0.25, 0.3) is 22.0 Å². The van der Waals surface area contributed by atoms with Crippen LogP contribution >= 0.6 is 11.6 Å². The zero-order valence-corrected chi connectivity index (χ0v) is 11.0. The van der Waals surface area contributed by atoms with E-state index in [1.165, 1.54) is 12.3 Å². The number of anilines is 2. The third-order valence-electron chi connectivity index (χ3n) is 2.98. The zero-order valence-electron chi connectivity index (χ0n) is 10.3. The Balaban J connectivity index is 2.37. The monoisotopic (exact) mass is 288 g/mol. The third-order valence-corrected chi connectivity index (χ3v) is 3.19. The average Bonchev–Trinajstić information content (AvgIpc) is 2.40. The molecule has 0 saturated heterocycles. The second-order valence-electron chi connectivity index (χ2n) is 4.32. The molecule has 100 valence electrons. The van der Waals surface area contributed by atoms with Crippen LogP contribution in [0.15, 0.2) is 36.5 Å². The van der Waals surface area contributed by atoms with E-state index < -0.39 is 5.82 Å². The maximum absolute atomic E-state index is 14.2. The van der Waals surface area contributed by atoms with Crippen molar-refractivity contribution in [3.63, 3.8) is 0 Å². The first-order valence-electron chi connectivity index (χ1n) is 5.82. The summed E-state index contributed by atoms with van der Waals surface area (Å²) in [5, 5.41) is 1.21. The van der Waals surface area contributed by atoms with E-state index in [9.17, 15) is 4.39 Å². The summed E-state index contributed by atoms with van der Waals surface area (Å²) in [4.78, 5) is 8.15. The molecule has 0 aliphatic heterocycles. The van der Waals surface area contributed by atoms with E-state index in [0.29, 0.717) is 21.7 Å². The normalized spacial score (nSPS) is 10.9. The van der Waals surface area contributed by atoms with Gasteiger partial charge in [0.05, 0.1) is 10.5 Å². The number of halogens is 2. The van der Waals surface area contributed by atoms with Gasteiger partial charge in [-0.15, -0.1) is 0 Å². The van der Waals surface area contributed by atoms with Crippen LogP contribution in [0, 0.1) is 5.82 Å². The van der Waals surface area contributed by atoms with Crippen molar-refractivity contribution in [2.45, 2.75) is 0 Å². The van der Waals surface area contributed by atoms with Gasteiger partial charge in [0.15, 0.2) is 0 Å². The maximum atomic E-state index is 14.2. The van der Waals surface area contributed by atoms with Gasteiger partial charge in [-0.3, -0.25) is 4.98 Å². The Hall–Kier alpha value is -2.40. The number of rotatable bonds is 1. The summed E-state index contributed by atoms with van der Waals surface area (Å²) < 4.78 is 14.2. The number of hydrogen-bond acceptors (Lipinski definition) is 4. The second-order valence-corrected chi connectivity index (χ2v) is 4.75. The summed E-state index contributed by atoms with van der Waals surface area (Å²) >= 11 is 5.90. The van der Waals surface area contributed by atoms with Crippen LogP contribution in [0.1, 0.15) is 0 Å². The number of benzene rings is 1. The fourth-order valence-electron chi connectivity index (χ4n) is 2.11. The Morgan fingerprint density at radius 3 is 2.65 bits per heavy atom. The number of nitrogens with two attached hydrogens (primary N) is 2. The van der Waals surface area contributed by atoms with E-state index >= 15 is 0 Å². The summed E-state index contributed by atoms with van der Waals surface area (Å²) in [7, 11) is 0. The second kappa shape index (κ2) is 4.61. The lowest BCUT2D eigenvalue weighted by molar-refractivity contribution is 0.632. The first kappa shape index (κ1) is 12.6. The first-order chi connectivity index (χ1) is 9.56. The minimum atomic E-state index is -0.425. The number of aromatic nitrogens is 2. The molecule has 0 bridgehead atoms. The lowest BCUT2D eigenvalue weighted by atomic mass is 10.0. The molecule has 0 atom stereocenters. The Labute approximate surface area is 119 Å². The largest absolute Gasteiger partial charge is 0.384 e. The molecule has 0 spiro atoms. The van der Waals surface area contributed by atoms with Gasteiger partial charge in [0.2, 0.25) is 0 Å². The molecule has 2 heterocycles. The summed E-state index contributed by atoms with van der Waals surface area (Å²) in [5.41, 5.74) is 12.6. The van der Waals surface area contributed by atoms with Crippen molar-refractivity contribution in [2.75, 3.05) is 11.5 Å². The first-order valence-corrected chi connectivity index (χ1v) is 6.20. The van der Waals surface area contributed by atoms with E-state index in [1.807, 2.05) is 0 Å². The molecule has 1 aromatic carbocycles. The molecular formula is C14H10ClFN4. The molecule has 0 amide bonds. The van der Waals surface area contributed by atoms with Gasteiger partial charge in [-0.1, -0.05) is 11.6 Å². The van der Waals surface area contributed by atoms with Crippen LogP contribution in [0.5, 0.6) is 0 Å². The number of hydrogen-bond donors (Lipinski definition) is 2. The molecule has 4 nitrogen and oxygen atoms in total. The van der Waals surface area contributed by atoms with Gasteiger partial charge >= 0.3 is 0 Å². The standard InChI is InChI=1S/C14H10ClFN4/c15-8-5-7-1-3-10(16)12(13(7)19-6-8)9-2-4-11(17)20-14(9)18/h1-6H,(H4,17,18,20). The SMILES string of the molecule is Nc1ccc(-c2c(F)ccc3cc(Cl)cnc23)c(N)n1. The van der Waals surface area contributed by atoms with Crippen molar-refractivity contribution >= 4 is 34.1 Å². The van der Waals surface area contributed by atoms with E-state index in [2.05, 4.69) is 9.97 Å². The summed E-state index contributed by atoms with van der Waals surface area (Å²) in [6.45, 7) is 0. The van der Waals surface area contributed by atoms with Gasteiger partial charge < -0.3 is 11.5 Å². The highest BCUT2D eigenvalue weighted by molar-refractivity contribution is 6.31. The van der Waals surface area contributed by atoms with Gasteiger partial charge in [-0.05, 0) is 30.3 Å². The predicted octanol–water partition coefficient (Wildman–Crippen LogP) is 3.25. The number of pyridine rings is 2. The van der Waals surface area contributed by atoms with Crippen molar-refractivity contribution in [1.29, 1.82) is 0 Å². The molecule has 20 heavy (non-hydrogen) atoms. The van der Waals surface area contributed by atoms with Crippen molar-refractivity contribution in [1.82, 2.24) is 9.97 Å². The van der Waals surface area contributed by atoms with Gasteiger partial charge in [0, 0.05) is 22.7 Å². The minimum Gasteiger partial charge on any atom is -0.384 e. The minimum absolute atomic E-state index is 0.160. The van der Waals surface area contributed by atoms with Crippen LogP contribution < -0.4 is 11.5 Å². The van der Waals surface area contributed by atoms with E-state index in [0.717, 1.165) is 5.39 Å². The number of fused-ring (bicyclic) bond motifs is 1. The van der Waals surface area contributed by atoms with E-state index in [1.54, 1.807) is 24.3 Å². The molecule has 0 radical (unpaired) electrons. The molecule has 0 fully saturated rings. The van der Waals surface area contributed by atoms with Crippen molar-refractivity contribution < 1.29 is 4.39 Å². The Bertz CT molecular complexity index is 820. The van der Waals surface area contributed by atoms with Gasteiger partial charge in [0.1, 0.15) is 17.5 Å². The molecule has 0 aliphatic rings. The molecule has 3 rings (SSSR count). The lowest BCUT2D eigenvalue weighted by Gasteiger charge is -2.10. The summed E-state index contributed by atoms with van der Waals surface area (Å²) in [6, 6.07) is 7.89. The molecule has 0 saturated carbocycles. The van der Waals surface area contributed by atoms with Crippen LogP contribution in [-0.2, 0) is 0 Å². The summed E-state index contributed by atoms with van der Waals surface area (Å²) in [5.74, 6) is 0.0154. The average molecular weight is 289 g/mol. The van der Waals surface area contributed by atoms with Gasteiger partial charge in [0.25, 0.3) is 0 Å². The Morgan fingerprint density at radius 2 is 1.90 bits per heavy atom. The van der Waals surface area contributed by atoms with Crippen molar-refractivity contribution in [2.24, 2.45) is 0 Å². The van der Waals surface area contributed by atoms with Crippen LogP contribution in [0.3, 0.4) is 0 Å². The van der Waals surface area contributed by atoms with E-state index in [-0.39, 0.29) is 11.6 Å². The highest BCUT2D eigenvalue weighted by Crippen LogP contribution is 2.34. The Morgan fingerprint density at radius 1 is 1.10 bits per heavy atom. The number of nitrogen functional groups attached to an aromatic ring is 2. The fourth-order valence-corrected chi connectivity index (χ4v) is 2.27. The predicted molar refractivity (Wildman–Crippen MR) is 78.8 cm³/mol. The van der Waals surface area contributed by atoms with Crippen LogP contribution in [0.4, 0.5) is 16.0 Å². The van der Waals surface area contributed by atoms with Gasteiger partial charge in [-0.2, -0.15) is 0 Å². The quantitative estimate of drug-likeness (QED) is 0.720.